The van der Waals surface area contributed by atoms with Gasteiger partial charge in [-0.2, -0.15) is 0 Å². The average Bonchev–Trinajstić information content (AvgIpc) is 3.49. The van der Waals surface area contributed by atoms with Crippen LogP contribution in [0.25, 0.3) is 0 Å². The number of aromatic hydroxyl groups is 1. The van der Waals surface area contributed by atoms with E-state index in [1.807, 2.05) is 30.3 Å². The maximum Gasteiger partial charge on any atom is 0.328 e. The van der Waals surface area contributed by atoms with E-state index >= 15 is 0 Å². The number of carbonyl (C=O) groups is 2. The van der Waals surface area contributed by atoms with Gasteiger partial charge in [0, 0.05) is 29.4 Å². The first kappa shape index (κ1) is 27.1. The first-order chi connectivity index (χ1) is 18.9. The molecule has 40 heavy (non-hydrogen) atoms. The Hall–Kier alpha value is -3.06. The number of aliphatic hydroxyl groups excluding tert-OH is 1. The summed E-state index contributed by atoms with van der Waals surface area (Å²) in [4.78, 5) is 28.3. The molecule has 0 radical (unpaired) electrons. The Kier molecular flexibility index (Phi) is 6.26. The maximum atomic E-state index is 13.8. The van der Waals surface area contributed by atoms with Crippen LogP contribution in [0.4, 0.5) is 0 Å². The van der Waals surface area contributed by atoms with Gasteiger partial charge < -0.3 is 24.6 Å². The minimum atomic E-state index is -0.795. The van der Waals surface area contributed by atoms with E-state index in [2.05, 4.69) is 27.7 Å². The first-order valence-electron chi connectivity index (χ1n) is 14.6. The van der Waals surface area contributed by atoms with Crippen molar-refractivity contribution in [3.8, 4) is 11.5 Å². The normalized spacial score (nSPS) is 32.7. The summed E-state index contributed by atoms with van der Waals surface area (Å²) in [6.07, 6.45) is 4.10. The van der Waals surface area contributed by atoms with Crippen LogP contribution in [0.15, 0.2) is 36.4 Å². The Bertz CT molecular complexity index is 1350. The molecule has 0 bridgehead atoms. The van der Waals surface area contributed by atoms with Crippen LogP contribution in [-0.2, 0) is 28.9 Å². The molecule has 2 aromatic carbocycles. The number of ether oxygens (including phenoxy) is 2. The van der Waals surface area contributed by atoms with Crippen LogP contribution >= 0.6 is 0 Å². The maximum absolute atomic E-state index is 13.8. The molecule has 6 unspecified atom stereocenters. The molecular weight excluding hydrogens is 506 g/mol. The van der Waals surface area contributed by atoms with E-state index in [0.29, 0.717) is 30.6 Å². The van der Waals surface area contributed by atoms with Crippen LogP contribution in [0.5, 0.6) is 11.5 Å². The third-order valence-electron chi connectivity index (χ3n) is 11.2. The topological polar surface area (TPSA) is 96.3 Å². The lowest BCUT2D eigenvalue weighted by atomic mass is 9.43. The van der Waals surface area contributed by atoms with Crippen molar-refractivity contribution in [3.63, 3.8) is 0 Å². The predicted molar refractivity (Wildman–Crippen MR) is 150 cm³/mol. The molecule has 1 amide bonds. The molecule has 214 valence electrons. The number of amides is 1. The van der Waals surface area contributed by atoms with Crippen molar-refractivity contribution in [2.45, 2.75) is 90.5 Å². The Morgan fingerprint density at radius 2 is 1.88 bits per heavy atom. The summed E-state index contributed by atoms with van der Waals surface area (Å²) in [7, 11) is 1.34. The smallest absolute Gasteiger partial charge is 0.328 e. The monoisotopic (exact) mass is 547 g/mol. The van der Waals surface area contributed by atoms with Crippen LogP contribution in [-0.4, -0.2) is 51.8 Å². The van der Waals surface area contributed by atoms with E-state index in [0.717, 1.165) is 36.0 Å². The van der Waals surface area contributed by atoms with Gasteiger partial charge in [-0.1, -0.05) is 58.0 Å². The van der Waals surface area contributed by atoms with Crippen LogP contribution in [0.1, 0.15) is 80.4 Å². The van der Waals surface area contributed by atoms with Crippen molar-refractivity contribution < 1.29 is 29.3 Å². The zero-order valence-electron chi connectivity index (χ0n) is 24.2. The van der Waals surface area contributed by atoms with E-state index in [4.69, 9.17) is 9.47 Å². The summed E-state index contributed by atoms with van der Waals surface area (Å²) in [5.41, 5.74) is 1.80. The molecule has 2 N–H and O–H groups in total. The highest BCUT2D eigenvalue weighted by Gasteiger charge is 2.67. The van der Waals surface area contributed by atoms with Crippen LogP contribution in [0, 0.1) is 22.7 Å². The van der Waals surface area contributed by atoms with E-state index in [1.54, 1.807) is 11.0 Å². The summed E-state index contributed by atoms with van der Waals surface area (Å²) in [6.45, 7) is 9.13. The van der Waals surface area contributed by atoms with Gasteiger partial charge in [-0.05, 0) is 54.6 Å². The van der Waals surface area contributed by atoms with Crippen molar-refractivity contribution in [2.75, 3.05) is 7.11 Å². The molecule has 2 aliphatic carbocycles. The highest BCUT2D eigenvalue weighted by molar-refractivity contribution is 6.02. The van der Waals surface area contributed by atoms with Gasteiger partial charge in [-0.25, -0.2) is 4.79 Å². The molecule has 1 spiro atoms. The summed E-state index contributed by atoms with van der Waals surface area (Å²) >= 11 is 0. The van der Waals surface area contributed by atoms with Gasteiger partial charge in [0.2, 0.25) is 0 Å². The third kappa shape index (κ3) is 3.65. The van der Waals surface area contributed by atoms with Crippen molar-refractivity contribution in [1.29, 1.82) is 0 Å². The average molecular weight is 548 g/mol. The number of fused-ring (bicyclic) bond motifs is 5. The molecular formula is C33H41NO6. The summed E-state index contributed by atoms with van der Waals surface area (Å²) in [5, 5.41) is 22.2. The minimum Gasteiger partial charge on any atom is -0.508 e. The van der Waals surface area contributed by atoms with E-state index in [-0.39, 0.29) is 47.0 Å². The lowest BCUT2D eigenvalue weighted by Gasteiger charge is -2.64. The molecule has 2 fully saturated rings. The van der Waals surface area contributed by atoms with Crippen LogP contribution in [0.3, 0.4) is 0 Å². The number of phenols is 1. The standard InChI is InChI=1S/C33H41NO6/c1-19-11-12-26-31(2,3)27(36)13-14-32(26,4)33(19)17-22-25(35)16-21-23(28(22)40-33)18-34(29(21)37)24(30(38)39-5)15-20-9-7-6-8-10-20/h6-10,16,19,24,26-27,35-36H,11-15,17-18H2,1-5H3. The Morgan fingerprint density at radius 1 is 1.15 bits per heavy atom. The summed E-state index contributed by atoms with van der Waals surface area (Å²) < 4.78 is 12.2. The molecule has 0 saturated heterocycles. The number of esters is 1. The zero-order valence-corrected chi connectivity index (χ0v) is 24.2. The second kappa shape index (κ2) is 9.23. The number of nitrogens with zero attached hydrogens (tertiary/aromatic N) is 1. The van der Waals surface area contributed by atoms with Gasteiger partial charge in [-0.3, -0.25) is 4.79 Å². The fourth-order valence-corrected chi connectivity index (χ4v) is 8.84. The number of hydrogen-bond donors (Lipinski definition) is 2. The van der Waals surface area contributed by atoms with E-state index < -0.39 is 17.6 Å². The van der Waals surface area contributed by atoms with Crippen molar-refractivity contribution >= 4 is 11.9 Å². The molecule has 2 saturated carbocycles. The highest BCUT2D eigenvalue weighted by atomic mass is 16.5. The van der Waals surface area contributed by atoms with Gasteiger partial charge in [0.05, 0.1) is 25.3 Å². The van der Waals surface area contributed by atoms with E-state index in [1.165, 1.54) is 7.11 Å². The number of rotatable bonds is 4. The Balaban J connectivity index is 1.39. The molecule has 6 rings (SSSR count). The summed E-state index contributed by atoms with van der Waals surface area (Å²) in [6, 6.07) is 10.4. The third-order valence-corrected chi connectivity index (χ3v) is 11.2. The Labute approximate surface area is 236 Å². The van der Waals surface area contributed by atoms with Gasteiger partial charge in [-0.15, -0.1) is 0 Å². The molecule has 0 aromatic heterocycles. The lowest BCUT2D eigenvalue weighted by Crippen LogP contribution is -2.66. The highest BCUT2D eigenvalue weighted by Crippen LogP contribution is 2.67. The summed E-state index contributed by atoms with van der Waals surface area (Å²) in [5.74, 6) is 0.404. The molecule has 2 heterocycles. The fraction of sp³-hybridized carbons (Fsp3) is 0.576. The van der Waals surface area contributed by atoms with Crippen molar-refractivity contribution in [3.05, 3.63) is 58.7 Å². The number of methoxy groups -OCH3 is 1. The second-order valence-corrected chi connectivity index (χ2v) is 13.4. The minimum absolute atomic E-state index is 0.0755. The molecule has 7 heteroatoms. The number of hydrogen-bond acceptors (Lipinski definition) is 6. The predicted octanol–water partition coefficient (Wildman–Crippen LogP) is 5.04. The fourth-order valence-electron chi connectivity index (χ4n) is 8.84. The molecule has 2 aliphatic heterocycles. The SMILES string of the molecule is COC(=O)C(Cc1ccccc1)N1Cc2c(cc(O)c3c2OC2(C3)C(C)CCC3C(C)(C)C(O)CCC32C)C1=O. The lowest BCUT2D eigenvalue weighted by molar-refractivity contribution is -0.210. The van der Waals surface area contributed by atoms with Gasteiger partial charge in [0.15, 0.2) is 0 Å². The number of carbonyl (C=O) groups excluding carboxylic acids is 2. The largest absolute Gasteiger partial charge is 0.508 e. The van der Waals surface area contributed by atoms with Gasteiger partial charge in [0.1, 0.15) is 23.1 Å². The van der Waals surface area contributed by atoms with Crippen LogP contribution < -0.4 is 4.74 Å². The first-order valence-corrected chi connectivity index (χ1v) is 14.6. The van der Waals surface area contributed by atoms with Gasteiger partial charge in [0.25, 0.3) is 5.91 Å². The Morgan fingerprint density at radius 3 is 2.58 bits per heavy atom. The van der Waals surface area contributed by atoms with E-state index in [9.17, 15) is 19.8 Å². The second-order valence-electron chi connectivity index (χ2n) is 13.4. The molecule has 7 nitrogen and oxygen atoms in total. The number of benzene rings is 2. The molecule has 4 aliphatic rings. The quantitative estimate of drug-likeness (QED) is 0.521. The zero-order chi connectivity index (χ0) is 28.6. The van der Waals surface area contributed by atoms with Crippen molar-refractivity contribution in [2.24, 2.45) is 22.7 Å². The van der Waals surface area contributed by atoms with Gasteiger partial charge >= 0.3 is 5.97 Å². The van der Waals surface area contributed by atoms with Crippen molar-refractivity contribution in [1.82, 2.24) is 4.90 Å². The molecule has 2 aromatic rings. The van der Waals surface area contributed by atoms with Crippen LogP contribution in [0.2, 0.25) is 0 Å². The number of phenolic OH excluding ortho intramolecular Hbond substituents is 1. The number of aliphatic hydroxyl groups is 1. The molecule has 6 atom stereocenters.